The number of halogens is 2. The fourth-order valence-electron chi connectivity index (χ4n) is 2.89. The smallest absolute Gasteiger partial charge is 0.317 e. The highest BCUT2D eigenvalue weighted by atomic mass is 35.5. The molecule has 0 aromatic heterocycles. The predicted molar refractivity (Wildman–Crippen MR) is 101 cm³/mol. The van der Waals surface area contributed by atoms with Crippen molar-refractivity contribution in [1.82, 2.24) is 5.32 Å². The van der Waals surface area contributed by atoms with Crippen molar-refractivity contribution in [3.05, 3.63) is 69.7 Å². The predicted octanol–water partition coefficient (Wildman–Crippen LogP) is 4.45. The molecule has 1 atom stereocenters. The van der Waals surface area contributed by atoms with Crippen LogP contribution in [0.1, 0.15) is 36.9 Å². The van der Waals surface area contributed by atoms with Crippen LogP contribution in [-0.4, -0.2) is 18.5 Å². The van der Waals surface area contributed by atoms with Gasteiger partial charge in [-0.15, -0.1) is 0 Å². The average molecular weight is 392 g/mol. The van der Waals surface area contributed by atoms with Crippen molar-refractivity contribution in [2.75, 3.05) is 6.61 Å². The minimum absolute atomic E-state index is 0.204. The highest BCUT2D eigenvalue weighted by Gasteiger charge is 2.52. The molecule has 1 fully saturated rings. The summed E-state index contributed by atoms with van der Waals surface area (Å²) in [5, 5.41) is 4.07. The standard InChI is InChI=1S/C20H19Cl2NO3/c1-13(14-2-6-16(21)7-3-14)23-18(24)12-26-19(25)20(10-11-20)15-4-8-17(22)9-5-15/h2-9,13H,10-12H2,1H3,(H,23,24)/t13-/m1/s1. The third-order valence-electron chi connectivity index (χ3n) is 4.62. The van der Waals surface area contributed by atoms with E-state index >= 15 is 0 Å². The third-order valence-corrected chi connectivity index (χ3v) is 5.12. The molecule has 1 amide bonds. The van der Waals surface area contributed by atoms with Crippen molar-refractivity contribution in [3.8, 4) is 0 Å². The lowest BCUT2D eigenvalue weighted by molar-refractivity contribution is -0.151. The Labute approximate surface area is 162 Å². The van der Waals surface area contributed by atoms with Crippen molar-refractivity contribution >= 4 is 35.1 Å². The molecule has 1 saturated carbocycles. The van der Waals surface area contributed by atoms with Crippen LogP contribution in [0.25, 0.3) is 0 Å². The molecule has 0 radical (unpaired) electrons. The van der Waals surface area contributed by atoms with E-state index in [-0.39, 0.29) is 24.5 Å². The summed E-state index contributed by atoms with van der Waals surface area (Å²) < 4.78 is 5.27. The van der Waals surface area contributed by atoms with Crippen molar-refractivity contribution < 1.29 is 14.3 Å². The number of rotatable bonds is 6. The van der Waals surface area contributed by atoms with Gasteiger partial charge in [0.15, 0.2) is 6.61 Å². The molecule has 1 aliphatic carbocycles. The molecule has 3 rings (SSSR count). The summed E-state index contributed by atoms with van der Waals surface area (Å²) in [6.45, 7) is 1.56. The van der Waals surface area contributed by atoms with Gasteiger partial charge in [0.25, 0.3) is 5.91 Å². The van der Waals surface area contributed by atoms with E-state index in [0.29, 0.717) is 10.0 Å². The van der Waals surface area contributed by atoms with Crippen molar-refractivity contribution in [2.45, 2.75) is 31.2 Å². The van der Waals surface area contributed by atoms with E-state index < -0.39 is 5.41 Å². The molecule has 0 spiro atoms. The first kappa shape index (κ1) is 18.7. The van der Waals surface area contributed by atoms with E-state index in [9.17, 15) is 9.59 Å². The molecule has 2 aromatic rings. The number of hydrogen-bond donors (Lipinski definition) is 1. The van der Waals surface area contributed by atoms with E-state index in [1.54, 1.807) is 24.3 Å². The fraction of sp³-hybridized carbons (Fsp3) is 0.300. The highest BCUT2D eigenvalue weighted by Crippen LogP contribution is 2.49. The minimum Gasteiger partial charge on any atom is -0.455 e. The molecule has 26 heavy (non-hydrogen) atoms. The van der Waals surface area contributed by atoms with Gasteiger partial charge in [0.05, 0.1) is 11.5 Å². The van der Waals surface area contributed by atoms with Gasteiger partial charge in [0.2, 0.25) is 0 Å². The first-order valence-electron chi connectivity index (χ1n) is 8.39. The van der Waals surface area contributed by atoms with Crippen molar-refractivity contribution in [2.24, 2.45) is 0 Å². The highest BCUT2D eigenvalue weighted by molar-refractivity contribution is 6.30. The maximum Gasteiger partial charge on any atom is 0.317 e. The summed E-state index contributed by atoms with van der Waals surface area (Å²) in [7, 11) is 0. The van der Waals surface area contributed by atoms with Gasteiger partial charge in [-0.3, -0.25) is 9.59 Å². The molecule has 1 N–H and O–H groups in total. The van der Waals surface area contributed by atoms with Crippen LogP contribution in [0.2, 0.25) is 10.0 Å². The Bertz CT molecular complexity index is 799. The molecule has 0 unspecified atom stereocenters. The van der Waals surface area contributed by atoms with Crippen LogP contribution < -0.4 is 5.32 Å². The van der Waals surface area contributed by atoms with Gasteiger partial charge in [0.1, 0.15) is 0 Å². The SMILES string of the molecule is C[C@@H](NC(=O)COC(=O)C1(c2ccc(Cl)cc2)CC1)c1ccc(Cl)cc1. The molecule has 4 nitrogen and oxygen atoms in total. The summed E-state index contributed by atoms with van der Waals surface area (Å²) in [6, 6.07) is 14.2. The molecule has 0 heterocycles. The van der Waals surface area contributed by atoms with Crippen LogP contribution in [0.3, 0.4) is 0 Å². The summed E-state index contributed by atoms with van der Waals surface area (Å²) in [6.07, 6.45) is 1.44. The molecule has 136 valence electrons. The normalized spacial score (nSPS) is 15.8. The summed E-state index contributed by atoms with van der Waals surface area (Å²) in [4.78, 5) is 24.6. The van der Waals surface area contributed by atoms with Crippen LogP contribution in [0.5, 0.6) is 0 Å². The van der Waals surface area contributed by atoms with E-state index in [4.69, 9.17) is 27.9 Å². The number of esters is 1. The Hall–Kier alpha value is -2.04. The fourth-order valence-corrected chi connectivity index (χ4v) is 3.14. The van der Waals surface area contributed by atoms with Crippen LogP contribution in [0, 0.1) is 0 Å². The molecular formula is C20H19Cl2NO3. The topological polar surface area (TPSA) is 55.4 Å². The number of amides is 1. The first-order valence-corrected chi connectivity index (χ1v) is 9.14. The molecule has 2 aromatic carbocycles. The van der Waals surface area contributed by atoms with Gasteiger partial charge in [-0.2, -0.15) is 0 Å². The number of carbonyl (C=O) groups excluding carboxylic acids is 2. The monoisotopic (exact) mass is 391 g/mol. The average Bonchev–Trinajstić information content (AvgIpc) is 3.42. The van der Waals surface area contributed by atoms with Gasteiger partial charge < -0.3 is 10.1 Å². The van der Waals surface area contributed by atoms with Crippen molar-refractivity contribution in [3.63, 3.8) is 0 Å². The lowest BCUT2D eigenvalue weighted by Crippen LogP contribution is -2.33. The molecule has 1 aliphatic rings. The minimum atomic E-state index is -0.632. The van der Waals surface area contributed by atoms with Gasteiger partial charge in [-0.25, -0.2) is 0 Å². The zero-order valence-corrected chi connectivity index (χ0v) is 15.8. The molecule has 0 bridgehead atoms. The number of hydrogen-bond acceptors (Lipinski definition) is 3. The van der Waals surface area contributed by atoms with E-state index in [2.05, 4.69) is 5.32 Å². The van der Waals surface area contributed by atoms with Gasteiger partial charge >= 0.3 is 5.97 Å². The zero-order valence-electron chi connectivity index (χ0n) is 14.3. The second-order valence-corrected chi connectivity index (χ2v) is 7.38. The van der Waals surface area contributed by atoms with E-state index in [0.717, 1.165) is 24.0 Å². The van der Waals surface area contributed by atoms with Crippen molar-refractivity contribution in [1.29, 1.82) is 0 Å². The van der Waals surface area contributed by atoms with Gasteiger partial charge in [-0.05, 0) is 55.2 Å². The Morgan fingerprint density at radius 3 is 2.12 bits per heavy atom. The maximum absolute atomic E-state index is 12.5. The molecule has 0 aliphatic heterocycles. The molecule has 6 heteroatoms. The van der Waals surface area contributed by atoms with Crippen LogP contribution in [0.15, 0.2) is 48.5 Å². The first-order chi connectivity index (χ1) is 12.4. The van der Waals surface area contributed by atoms with E-state index in [1.807, 2.05) is 31.2 Å². The Kier molecular flexibility index (Phi) is 5.54. The Morgan fingerprint density at radius 1 is 1.04 bits per heavy atom. The summed E-state index contributed by atoms with van der Waals surface area (Å²) >= 11 is 11.8. The Balaban J connectivity index is 1.53. The largest absolute Gasteiger partial charge is 0.455 e. The third kappa shape index (κ3) is 4.19. The number of nitrogens with one attached hydrogen (secondary N) is 1. The lowest BCUT2D eigenvalue weighted by Gasteiger charge is -2.17. The Morgan fingerprint density at radius 2 is 1.58 bits per heavy atom. The summed E-state index contributed by atoms with van der Waals surface area (Å²) in [5.41, 5.74) is 1.17. The zero-order chi connectivity index (χ0) is 18.7. The molecule has 0 saturated heterocycles. The van der Waals surface area contributed by atoms with Gasteiger partial charge in [0, 0.05) is 10.0 Å². The van der Waals surface area contributed by atoms with Crippen LogP contribution in [-0.2, 0) is 19.7 Å². The van der Waals surface area contributed by atoms with E-state index in [1.165, 1.54) is 0 Å². The van der Waals surface area contributed by atoms with Gasteiger partial charge in [-0.1, -0.05) is 47.5 Å². The maximum atomic E-state index is 12.5. The van der Waals surface area contributed by atoms with Crippen LogP contribution >= 0.6 is 23.2 Å². The van der Waals surface area contributed by atoms with Crippen LogP contribution in [0.4, 0.5) is 0 Å². The quantitative estimate of drug-likeness (QED) is 0.740. The second kappa shape index (κ2) is 7.68. The summed E-state index contributed by atoms with van der Waals surface area (Å²) in [5.74, 6) is -0.707. The lowest BCUT2D eigenvalue weighted by atomic mass is 9.96. The second-order valence-electron chi connectivity index (χ2n) is 6.51. The number of ether oxygens (including phenoxy) is 1. The number of benzene rings is 2. The number of carbonyl (C=O) groups is 2. The molecular weight excluding hydrogens is 373 g/mol.